The molecule has 0 radical (unpaired) electrons. The van der Waals surface area contributed by atoms with Crippen LogP contribution < -0.4 is 14.8 Å². The van der Waals surface area contributed by atoms with Crippen LogP contribution >= 0.6 is 11.6 Å². The van der Waals surface area contributed by atoms with Crippen molar-refractivity contribution < 1.29 is 22.7 Å². The molecule has 2 aliphatic rings. The third-order valence-corrected chi connectivity index (χ3v) is 7.58. The summed E-state index contributed by atoms with van der Waals surface area (Å²) in [4.78, 5) is 12.6. The van der Waals surface area contributed by atoms with E-state index >= 15 is 0 Å². The van der Waals surface area contributed by atoms with Crippen molar-refractivity contribution in [3.05, 3.63) is 53.1 Å². The second-order valence-electron chi connectivity index (χ2n) is 7.19. The Labute approximate surface area is 174 Å². The fourth-order valence-corrected chi connectivity index (χ4v) is 5.24. The first-order valence-electron chi connectivity index (χ1n) is 9.24. The molecule has 7 nitrogen and oxygen atoms in total. The predicted octanol–water partition coefficient (Wildman–Crippen LogP) is 2.69. The van der Waals surface area contributed by atoms with Crippen molar-refractivity contribution in [2.45, 2.75) is 23.3 Å². The average molecular weight is 437 g/mol. The van der Waals surface area contributed by atoms with Gasteiger partial charge < -0.3 is 14.8 Å². The fourth-order valence-electron chi connectivity index (χ4n) is 3.68. The van der Waals surface area contributed by atoms with Gasteiger partial charge in [0, 0.05) is 37.0 Å². The molecule has 2 aliphatic heterocycles. The summed E-state index contributed by atoms with van der Waals surface area (Å²) < 4.78 is 38.8. The number of rotatable bonds is 3. The summed E-state index contributed by atoms with van der Waals surface area (Å²) in [7, 11) is -2.06. The Morgan fingerprint density at radius 2 is 1.83 bits per heavy atom. The van der Waals surface area contributed by atoms with Crippen LogP contribution in [-0.2, 0) is 10.0 Å². The molecular weight excluding hydrogens is 416 g/mol. The molecule has 2 aromatic carbocycles. The van der Waals surface area contributed by atoms with Crippen LogP contribution in [0.25, 0.3) is 0 Å². The molecule has 0 atom stereocenters. The van der Waals surface area contributed by atoms with E-state index in [9.17, 15) is 13.2 Å². The van der Waals surface area contributed by atoms with E-state index in [1.54, 1.807) is 37.4 Å². The van der Waals surface area contributed by atoms with Gasteiger partial charge in [0.2, 0.25) is 10.0 Å². The van der Waals surface area contributed by atoms with Crippen LogP contribution in [0.4, 0.5) is 0 Å². The van der Waals surface area contributed by atoms with Gasteiger partial charge in [0.05, 0.1) is 24.1 Å². The summed E-state index contributed by atoms with van der Waals surface area (Å²) >= 11 is 5.87. The molecule has 1 spiro atoms. The van der Waals surface area contributed by atoms with E-state index < -0.39 is 15.6 Å². The molecule has 29 heavy (non-hydrogen) atoms. The lowest BCUT2D eigenvalue weighted by Crippen LogP contribution is -2.54. The number of halogens is 1. The summed E-state index contributed by atoms with van der Waals surface area (Å²) in [5.41, 5.74) is -0.224. The Bertz CT molecular complexity index is 1030. The molecule has 1 amide bonds. The molecule has 2 heterocycles. The smallest absolute Gasteiger partial charge is 0.255 e. The summed E-state index contributed by atoms with van der Waals surface area (Å²) in [6.07, 6.45) is 0.910. The average Bonchev–Trinajstić information content (AvgIpc) is 2.85. The van der Waals surface area contributed by atoms with Gasteiger partial charge in [0.1, 0.15) is 17.1 Å². The summed E-state index contributed by atoms with van der Waals surface area (Å²) in [5.74, 6) is 0.834. The van der Waals surface area contributed by atoms with Crippen molar-refractivity contribution in [3.8, 4) is 11.5 Å². The molecule has 2 aromatic rings. The van der Waals surface area contributed by atoms with Crippen LogP contribution in [0, 0.1) is 0 Å². The molecular formula is C20H21ClN2O5S. The zero-order valence-electron chi connectivity index (χ0n) is 15.9. The first kappa shape index (κ1) is 20.0. The van der Waals surface area contributed by atoms with Gasteiger partial charge in [-0.05, 0) is 36.4 Å². The molecule has 4 rings (SSSR count). The van der Waals surface area contributed by atoms with Crippen molar-refractivity contribution in [1.29, 1.82) is 0 Å². The largest absolute Gasteiger partial charge is 0.497 e. The van der Waals surface area contributed by atoms with Gasteiger partial charge >= 0.3 is 0 Å². The second-order valence-corrected chi connectivity index (χ2v) is 9.56. The Morgan fingerprint density at radius 1 is 1.14 bits per heavy atom. The maximum absolute atomic E-state index is 12.9. The molecule has 154 valence electrons. The number of piperidine rings is 1. The van der Waals surface area contributed by atoms with E-state index in [1.807, 2.05) is 0 Å². The molecule has 9 heteroatoms. The second kappa shape index (κ2) is 7.51. The minimum absolute atomic E-state index is 0.211. The number of carbonyl (C=O) groups is 1. The highest BCUT2D eigenvalue weighted by molar-refractivity contribution is 7.89. The van der Waals surface area contributed by atoms with E-state index in [0.29, 0.717) is 54.6 Å². The number of fused-ring (bicyclic) bond motifs is 1. The molecule has 0 aromatic heterocycles. The Kier molecular flexibility index (Phi) is 5.18. The predicted molar refractivity (Wildman–Crippen MR) is 108 cm³/mol. The van der Waals surface area contributed by atoms with Crippen molar-refractivity contribution >= 4 is 27.5 Å². The van der Waals surface area contributed by atoms with E-state index in [2.05, 4.69) is 5.32 Å². The van der Waals surface area contributed by atoms with Gasteiger partial charge in [0.15, 0.2) is 0 Å². The lowest BCUT2D eigenvalue weighted by atomic mass is 9.92. The maximum Gasteiger partial charge on any atom is 0.255 e. The van der Waals surface area contributed by atoms with E-state index in [-0.39, 0.29) is 10.8 Å². The number of amides is 1. The Hall–Kier alpha value is -2.29. The van der Waals surface area contributed by atoms with Crippen molar-refractivity contribution in [1.82, 2.24) is 9.62 Å². The quantitative estimate of drug-likeness (QED) is 0.799. The third-order valence-electron chi connectivity index (χ3n) is 5.42. The summed E-state index contributed by atoms with van der Waals surface area (Å²) in [6, 6.07) is 11.2. The number of carbonyl (C=O) groups excluding carboxylic acids is 1. The Balaban J connectivity index is 1.55. The zero-order chi connectivity index (χ0) is 20.6. The van der Waals surface area contributed by atoms with Crippen molar-refractivity contribution in [2.75, 3.05) is 26.7 Å². The zero-order valence-corrected chi connectivity index (χ0v) is 17.4. The highest BCUT2D eigenvalue weighted by Crippen LogP contribution is 2.36. The van der Waals surface area contributed by atoms with Crippen LogP contribution in [0.5, 0.6) is 11.5 Å². The molecule has 0 bridgehead atoms. The van der Waals surface area contributed by atoms with E-state index in [4.69, 9.17) is 21.1 Å². The van der Waals surface area contributed by atoms with E-state index in [0.717, 1.165) is 0 Å². The molecule has 0 saturated carbocycles. The summed E-state index contributed by atoms with van der Waals surface area (Å²) in [5, 5.41) is 3.39. The number of ether oxygens (including phenoxy) is 2. The maximum atomic E-state index is 12.9. The van der Waals surface area contributed by atoms with Gasteiger partial charge in [-0.15, -0.1) is 0 Å². The number of nitrogens with zero attached hydrogens (tertiary/aromatic N) is 1. The highest BCUT2D eigenvalue weighted by Gasteiger charge is 2.42. The third kappa shape index (κ3) is 3.80. The number of methoxy groups -OCH3 is 1. The minimum atomic E-state index is -3.61. The monoisotopic (exact) mass is 436 g/mol. The van der Waals surface area contributed by atoms with Gasteiger partial charge in [-0.1, -0.05) is 11.6 Å². The van der Waals surface area contributed by atoms with Crippen molar-refractivity contribution in [3.63, 3.8) is 0 Å². The normalized spacial score (nSPS) is 19.0. The Morgan fingerprint density at radius 3 is 2.48 bits per heavy atom. The minimum Gasteiger partial charge on any atom is -0.497 e. The number of hydrogen-bond acceptors (Lipinski definition) is 5. The standard InChI is InChI=1S/C20H21ClN2O5S/c1-27-15-4-7-17-18(12-15)28-20(13-22-19(17)24)8-10-23(11-9-20)29(25,26)16-5-2-14(21)3-6-16/h2-7,12H,8-11,13H2,1H3,(H,22,24). The van der Waals surface area contributed by atoms with Crippen LogP contribution in [-0.4, -0.2) is 51.0 Å². The van der Waals surface area contributed by atoms with Crippen LogP contribution in [0.1, 0.15) is 23.2 Å². The van der Waals surface area contributed by atoms with Crippen molar-refractivity contribution in [2.24, 2.45) is 0 Å². The lowest BCUT2D eigenvalue weighted by molar-refractivity contribution is 0.0245. The summed E-state index contributed by atoms with van der Waals surface area (Å²) in [6.45, 7) is 0.901. The number of nitrogens with one attached hydrogen (secondary N) is 1. The number of benzene rings is 2. The van der Waals surface area contributed by atoms with Crippen LogP contribution in [0.15, 0.2) is 47.4 Å². The van der Waals surface area contributed by atoms with Gasteiger partial charge in [-0.2, -0.15) is 4.31 Å². The van der Waals surface area contributed by atoms with Gasteiger partial charge in [-0.25, -0.2) is 8.42 Å². The number of hydrogen-bond donors (Lipinski definition) is 1. The van der Waals surface area contributed by atoms with Crippen LogP contribution in [0.3, 0.4) is 0 Å². The number of sulfonamides is 1. The van der Waals surface area contributed by atoms with Gasteiger partial charge in [-0.3, -0.25) is 4.79 Å². The SMILES string of the molecule is COc1ccc2c(c1)OC1(CCN(S(=O)(=O)c3ccc(Cl)cc3)CC1)CNC2=O. The molecule has 1 N–H and O–H groups in total. The lowest BCUT2D eigenvalue weighted by Gasteiger charge is -2.40. The van der Waals surface area contributed by atoms with E-state index in [1.165, 1.54) is 16.4 Å². The molecule has 1 saturated heterocycles. The first-order valence-corrected chi connectivity index (χ1v) is 11.1. The van der Waals surface area contributed by atoms with Crippen LogP contribution in [0.2, 0.25) is 5.02 Å². The fraction of sp³-hybridized carbons (Fsp3) is 0.350. The van der Waals surface area contributed by atoms with Gasteiger partial charge in [0.25, 0.3) is 5.91 Å². The highest BCUT2D eigenvalue weighted by atomic mass is 35.5. The first-order chi connectivity index (χ1) is 13.8. The topological polar surface area (TPSA) is 84.9 Å². The molecule has 0 aliphatic carbocycles. The molecule has 1 fully saturated rings. The molecule has 0 unspecified atom stereocenters.